The van der Waals surface area contributed by atoms with E-state index >= 15 is 0 Å². The van der Waals surface area contributed by atoms with E-state index < -0.39 is 11.6 Å². The van der Waals surface area contributed by atoms with Crippen molar-refractivity contribution in [1.29, 1.82) is 0 Å². The summed E-state index contributed by atoms with van der Waals surface area (Å²) in [5, 5.41) is 0. The van der Waals surface area contributed by atoms with Crippen LogP contribution < -0.4 is 4.74 Å². The molecule has 1 fully saturated rings. The summed E-state index contributed by atoms with van der Waals surface area (Å²) in [6, 6.07) is 2.02. The van der Waals surface area contributed by atoms with Crippen LogP contribution >= 0.6 is 15.9 Å². The van der Waals surface area contributed by atoms with Crippen molar-refractivity contribution in [3.05, 3.63) is 76.2 Å². The monoisotopic (exact) mass is 494 g/mol. The van der Waals surface area contributed by atoms with Gasteiger partial charge in [-0.25, -0.2) is 8.78 Å². The van der Waals surface area contributed by atoms with Crippen LogP contribution in [0.5, 0.6) is 5.75 Å². The minimum Gasteiger partial charge on any atom is -0.488 e. The Kier molecular flexibility index (Phi) is 7.29. The topological polar surface area (TPSA) is 34.2 Å². The summed E-state index contributed by atoms with van der Waals surface area (Å²) in [6.45, 7) is 4.22. The van der Waals surface area contributed by atoms with Gasteiger partial charge in [-0.15, -0.1) is 0 Å². The average Bonchev–Trinajstić information content (AvgIpc) is 2.77. The van der Waals surface area contributed by atoms with E-state index in [1.54, 1.807) is 12.5 Å². The first-order valence-electron chi connectivity index (χ1n) is 10.4. The number of allylic oxidation sites excluding steroid dienone is 4. The van der Waals surface area contributed by atoms with Gasteiger partial charge in [0, 0.05) is 45.2 Å². The predicted molar refractivity (Wildman–Crippen MR) is 117 cm³/mol. The molecule has 0 amide bonds. The van der Waals surface area contributed by atoms with E-state index in [0.717, 1.165) is 63.2 Å². The van der Waals surface area contributed by atoms with Crippen molar-refractivity contribution in [3.63, 3.8) is 0 Å². The van der Waals surface area contributed by atoms with Crippen LogP contribution in [0.15, 0.2) is 64.6 Å². The Morgan fingerprint density at radius 3 is 2.58 bits per heavy atom. The second-order valence-electron chi connectivity index (χ2n) is 7.62. The average molecular weight is 495 g/mol. The Bertz CT molecular complexity index is 898. The minimum absolute atomic E-state index is 0.0422. The molecule has 0 radical (unpaired) electrons. The van der Waals surface area contributed by atoms with Crippen LogP contribution in [-0.4, -0.2) is 49.1 Å². The lowest BCUT2D eigenvalue weighted by molar-refractivity contribution is 0.0766. The van der Waals surface area contributed by atoms with E-state index in [9.17, 15) is 8.78 Å². The van der Waals surface area contributed by atoms with Crippen molar-refractivity contribution in [2.75, 3.05) is 39.3 Å². The molecular formula is C23H25BrF2N2O3. The van der Waals surface area contributed by atoms with Gasteiger partial charge in [0.25, 0.3) is 0 Å². The fraction of sp³-hybridized carbons (Fsp3) is 0.391. The third-order valence-corrected chi connectivity index (χ3v) is 6.01. The van der Waals surface area contributed by atoms with E-state index in [1.165, 1.54) is 11.6 Å². The Labute approximate surface area is 189 Å². The zero-order valence-electron chi connectivity index (χ0n) is 17.2. The molecule has 0 aromatic heterocycles. The summed E-state index contributed by atoms with van der Waals surface area (Å²) in [5.41, 5.74) is 1.34. The SMILES string of the molecule is Fc1cc(F)c(OCCN2CCN(C3=COC(CC4=CC=CCC4)=CO3)CC2)c(Br)c1. The quantitative estimate of drug-likeness (QED) is 0.528. The van der Waals surface area contributed by atoms with Crippen LogP contribution in [-0.2, 0) is 9.47 Å². The van der Waals surface area contributed by atoms with Crippen molar-refractivity contribution in [3.8, 4) is 5.75 Å². The van der Waals surface area contributed by atoms with E-state index in [2.05, 4.69) is 44.0 Å². The lowest BCUT2D eigenvalue weighted by Crippen LogP contribution is -2.47. The number of piperazine rings is 1. The van der Waals surface area contributed by atoms with Gasteiger partial charge < -0.3 is 19.1 Å². The van der Waals surface area contributed by atoms with Crippen LogP contribution in [0.1, 0.15) is 19.3 Å². The molecule has 166 valence electrons. The molecule has 2 heterocycles. The van der Waals surface area contributed by atoms with Gasteiger partial charge in [0.15, 0.2) is 17.8 Å². The lowest BCUT2D eigenvalue weighted by atomic mass is 10.0. The van der Waals surface area contributed by atoms with Crippen molar-refractivity contribution in [2.45, 2.75) is 19.3 Å². The number of ether oxygens (including phenoxy) is 3. The number of halogens is 3. The smallest absolute Gasteiger partial charge is 0.231 e. The molecule has 4 rings (SSSR count). The second kappa shape index (κ2) is 10.3. The zero-order valence-corrected chi connectivity index (χ0v) is 18.7. The molecule has 0 atom stereocenters. The molecule has 1 aromatic carbocycles. The molecule has 3 aliphatic rings. The highest BCUT2D eigenvalue weighted by atomic mass is 79.9. The molecule has 5 nitrogen and oxygen atoms in total. The molecule has 0 spiro atoms. The Hall–Kier alpha value is -2.32. The van der Waals surface area contributed by atoms with Gasteiger partial charge in [-0.3, -0.25) is 4.90 Å². The van der Waals surface area contributed by atoms with E-state index in [4.69, 9.17) is 14.2 Å². The molecule has 8 heteroatoms. The first-order chi connectivity index (χ1) is 15.1. The van der Waals surface area contributed by atoms with Crippen LogP contribution in [0.25, 0.3) is 0 Å². The zero-order chi connectivity index (χ0) is 21.6. The lowest BCUT2D eigenvalue weighted by Gasteiger charge is -2.36. The molecule has 0 N–H and O–H groups in total. The third kappa shape index (κ3) is 5.89. The molecule has 2 aliphatic heterocycles. The van der Waals surface area contributed by atoms with Gasteiger partial charge in [0.1, 0.15) is 24.4 Å². The maximum absolute atomic E-state index is 13.8. The number of nitrogens with zero attached hydrogens (tertiary/aromatic N) is 2. The molecule has 1 aliphatic carbocycles. The second-order valence-corrected chi connectivity index (χ2v) is 8.47. The van der Waals surface area contributed by atoms with Crippen molar-refractivity contribution >= 4 is 15.9 Å². The Balaban J connectivity index is 1.18. The molecule has 0 bridgehead atoms. The van der Waals surface area contributed by atoms with Gasteiger partial charge in [-0.1, -0.05) is 23.8 Å². The normalized spacial score (nSPS) is 19.2. The summed E-state index contributed by atoms with van der Waals surface area (Å²) in [5.74, 6) is 0.235. The van der Waals surface area contributed by atoms with Gasteiger partial charge in [-0.2, -0.15) is 0 Å². The molecule has 1 saturated heterocycles. The van der Waals surface area contributed by atoms with Crippen LogP contribution in [0.3, 0.4) is 0 Å². The Morgan fingerprint density at radius 2 is 1.90 bits per heavy atom. The molecule has 31 heavy (non-hydrogen) atoms. The van der Waals surface area contributed by atoms with Gasteiger partial charge in [0.2, 0.25) is 5.88 Å². The van der Waals surface area contributed by atoms with Crippen molar-refractivity contribution in [1.82, 2.24) is 9.80 Å². The minimum atomic E-state index is -0.707. The summed E-state index contributed by atoms with van der Waals surface area (Å²) < 4.78 is 44.4. The van der Waals surface area contributed by atoms with Gasteiger partial charge in [0.05, 0.1) is 4.47 Å². The molecule has 1 aromatic rings. The summed E-state index contributed by atoms with van der Waals surface area (Å²) in [7, 11) is 0. The fourth-order valence-corrected chi connectivity index (χ4v) is 4.22. The summed E-state index contributed by atoms with van der Waals surface area (Å²) in [4.78, 5) is 4.38. The third-order valence-electron chi connectivity index (χ3n) is 5.42. The molecular weight excluding hydrogens is 470 g/mol. The number of benzene rings is 1. The highest BCUT2D eigenvalue weighted by molar-refractivity contribution is 9.10. The van der Waals surface area contributed by atoms with E-state index in [-0.39, 0.29) is 10.2 Å². The van der Waals surface area contributed by atoms with E-state index in [0.29, 0.717) is 13.2 Å². The number of rotatable bonds is 7. The predicted octanol–water partition coefficient (Wildman–Crippen LogP) is 5.08. The van der Waals surface area contributed by atoms with Crippen molar-refractivity contribution < 1.29 is 23.0 Å². The summed E-state index contributed by atoms with van der Waals surface area (Å²) in [6.07, 6.45) is 12.7. The fourth-order valence-electron chi connectivity index (χ4n) is 3.70. The highest BCUT2D eigenvalue weighted by Crippen LogP contribution is 2.29. The first-order valence-corrected chi connectivity index (χ1v) is 11.2. The number of hydrogen-bond acceptors (Lipinski definition) is 5. The first kappa shape index (κ1) is 21.9. The summed E-state index contributed by atoms with van der Waals surface area (Å²) >= 11 is 3.14. The van der Waals surface area contributed by atoms with Crippen LogP contribution in [0.2, 0.25) is 0 Å². The Morgan fingerprint density at radius 1 is 1.06 bits per heavy atom. The molecule has 0 unspecified atom stereocenters. The van der Waals surface area contributed by atoms with Crippen LogP contribution in [0.4, 0.5) is 8.78 Å². The van der Waals surface area contributed by atoms with Crippen LogP contribution in [0, 0.1) is 11.6 Å². The molecule has 0 saturated carbocycles. The number of hydrogen-bond donors (Lipinski definition) is 0. The van der Waals surface area contributed by atoms with E-state index in [1.807, 2.05) is 0 Å². The highest BCUT2D eigenvalue weighted by Gasteiger charge is 2.22. The maximum Gasteiger partial charge on any atom is 0.231 e. The standard InChI is InChI=1S/C23H25BrF2N2O3/c24-20-13-18(25)14-21(26)23(20)29-11-10-27-6-8-28(9-7-27)22-16-30-19(15-31-22)12-17-4-2-1-3-5-17/h1-2,4,13-16H,3,5-12H2. The van der Waals surface area contributed by atoms with Crippen molar-refractivity contribution in [2.24, 2.45) is 0 Å². The van der Waals surface area contributed by atoms with Gasteiger partial charge >= 0.3 is 0 Å². The largest absolute Gasteiger partial charge is 0.488 e. The van der Waals surface area contributed by atoms with Gasteiger partial charge in [-0.05, 0) is 34.8 Å². The maximum atomic E-state index is 13.8.